The Kier molecular flexibility index (Phi) is 4.40. The number of hydrogen-bond donors (Lipinski definition) is 1. The Labute approximate surface area is 121 Å². The highest BCUT2D eigenvalue weighted by Crippen LogP contribution is 2.49. The molecule has 3 unspecified atom stereocenters. The Hall–Kier alpha value is -1.06. The number of carbonyl (C=O) groups excluding carboxylic acids is 2. The van der Waals surface area contributed by atoms with E-state index < -0.39 is 11.6 Å². The maximum atomic E-state index is 12.0. The SMILES string of the molecule is C[C@@H](NC(=O)CC1CC2CCC1C2)C(=O)OC(C)(C)C. The summed E-state index contributed by atoms with van der Waals surface area (Å²) < 4.78 is 5.27. The summed E-state index contributed by atoms with van der Waals surface area (Å²) in [6, 6.07) is -0.569. The molecule has 4 atom stereocenters. The molecule has 20 heavy (non-hydrogen) atoms. The summed E-state index contributed by atoms with van der Waals surface area (Å²) in [6.07, 6.45) is 5.69. The Morgan fingerprint density at radius 3 is 2.45 bits per heavy atom. The van der Waals surface area contributed by atoms with Crippen LogP contribution in [0.4, 0.5) is 0 Å². The third-order valence-electron chi connectivity index (χ3n) is 4.47. The van der Waals surface area contributed by atoms with E-state index in [1.807, 2.05) is 20.8 Å². The lowest BCUT2D eigenvalue weighted by Crippen LogP contribution is -2.42. The van der Waals surface area contributed by atoms with E-state index in [4.69, 9.17) is 4.74 Å². The first-order valence-corrected chi connectivity index (χ1v) is 7.77. The van der Waals surface area contributed by atoms with E-state index in [1.54, 1.807) is 6.92 Å². The van der Waals surface area contributed by atoms with Gasteiger partial charge in [0.1, 0.15) is 11.6 Å². The van der Waals surface area contributed by atoms with Crippen LogP contribution in [0.2, 0.25) is 0 Å². The van der Waals surface area contributed by atoms with E-state index >= 15 is 0 Å². The van der Waals surface area contributed by atoms with Crippen molar-refractivity contribution in [2.75, 3.05) is 0 Å². The first-order chi connectivity index (χ1) is 9.24. The summed E-state index contributed by atoms with van der Waals surface area (Å²) in [5, 5.41) is 2.78. The maximum Gasteiger partial charge on any atom is 0.328 e. The molecule has 0 radical (unpaired) electrons. The molecular weight excluding hydrogens is 254 g/mol. The molecule has 0 aliphatic heterocycles. The highest BCUT2D eigenvalue weighted by molar-refractivity contribution is 5.84. The molecule has 2 fully saturated rings. The van der Waals surface area contributed by atoms with Gasteiger partial charge in [0, 0.05) is 6.42 Å². The van der Waals surface area contributed by atoms with Gasteiger partial charge in [0.25, 0.3) is 0 Å². The summed E-state index contributed by atoms with van der Waals surface area (Å²) in [5.41, 5.74) is -0.513. The minimum Gasteiger partial charge on any atom is -0.458 e. The molecule has 2 aliphatic carbocycles. The minimum absolute atomic E-state index is 0.0130. The van der Waals surface area contributed by atoms with E-state index in [2.05, 4.69) is 5.32 Å². The van der Waals surface area contributed by atoms with Crippen LogP contribution in [0.3, 0.4) is 0 Å². The second-order valence-corrected chi connectivity index (χ2v) is 7.46. The molecule has 0 aromatic carbocycles. The Morgan fingerprint density at radius 1 is 1.25 bits per heavy atom. The third kappa shape index (κ3) is 3.97. The Balaban J connectivity index is 1.75. The highest BCUT2D eigenvalue weighted by atomic mass is 16.6. The van der Waals surface area contributed by atoms with Gasteiger partial charge in [-0.15, -0.1) is 0 Å². The van der Waals surface area contributed by atoms with Crippen LogP contribution in [0.25, 0.3) is 0 Å². The van der Waals surface area contributed by atoms with Gasteiger partial charge in [0.15, 0.2) is 0 Å². The number of esters is 1. The molecule has 2 rings (SSSR count). The zero-order valence-corrected chi connectivity index (χ0v) is 13.1. The van der Waals surface area contributed by atoms with Crippen LogP contribution in [0.1, 0.15) is 59.8 Å². The van der Waals surface area contributed by atoms with E-state index in [-0.39, 0.29) is 11.9 Å². The van der Waals surface area contributed by atoms with Crippen LogP contribution < -0.4 is 5.32 Å². The summed E-state index contributed by atoms with van der Waals surface area (Å²) in [4.78, 5) is 23.9. The van der Waals surface area contributed by atoms with Crippen LogP contribution in [0.15, 0.2) is 0 Å². The number of rotatable bonds is 4. The van der Waals surface area contributed by atoms with Gasteiger partial charge in [-0.3, -0.25) is 4.79 Å². The van der Waals surface area contributed by atoms with Crippen LogP contribution in [0, 0.1) is 17.8 Å². The van der Waals surface area contributed by atoms with Gasteiger partial charge in [-0.1, -0.05) is 6.42 Å². The van der Waals surface area contributed by atoms with Crippen LogP contribution in [-0.2, 0) is 14.3 Å². The molecule has 2 bridgehead atoms. The van der Waals surface area contributed by atoms with Crippen molar-refractivity contribution < 1.29 is 14.3 Å². The van der Waals surface area contributed by atoms with Crippen molar-refractivity contribution in [3.8, 4) is 0 Å². The van der Waals surface area contributed by atoms with Gasteiger partial charge in [-0.05, 0) is 64.7 Å². The summed E-state index contributed by atoms with van der Waals surface area (Å²) in [6.45, 7) is 7.17. The van der Waals surface area contributed by atoms with Crippen molar-refractivity contribution in [3.63, 3.8) is 0 Å². The van der Waals surface area contributed by atoms with Gasteiger partial charge in [0.05, 0.1) is 0 Å². The van der Waals surface area contributed by atoms with Crippen molar-refractivity contribution in [1.82, 2.24) is 5.32 Å². The predicted molar refractivity (Wildman–Crippen MR) is 77.0 cm³/mol. The fraction of sp³-hybridized carbons (Fsp3) is 0.875. The molecule has 2 saturated carbocycles. The zero-order chi connectivity index (χ0) is 14.9. The fourth-order valence-electron chi connectivity index (χ4n) is 3.61. The topological polar surface area (TPSA) is 55.4 Å². The van der Waals surface area contributed by atoms with Crippen molar-refractivity contribution in [2.45, 2.75) is 71.4 Å². The standard InChI is InChI=1S/C16H27NO3/c1-10(15(19)20-16(2,3)4)17-14(18)9-13-8-11-5-6-12(13)7-11/h10-13H,5-9H2,1-4H3,(H,17,18)/t10-,11?,12?,13?/m1/s1. The third-order valence-corrected chi connectivity index (χ3v) is 4.47. The molecule has 4 nitrogen and oxygen atoms in total. The number of ether oxygens (including phenoxy) is 1. The molecule has 1 N–H and O–H groups in total. The van der Waals surface area contributed by atoms with E-state index in [0.717, 1.165) is 11.8 Å². The molecule has 0 aromatic heterocycles. The van der Waals surface area contributed by atoms with Gasteiger partial charge in [-0.25, -0.2) is 4.79 Å². The van der Waals surface area contributed by atoms with Crippen molar-refractivity contribution >= 4 is 11.9 Å². The van der Waals surface area contributed by atoms with Crippen LogP contribution in [-0.4, -0.2) is 23.5 Å². The minimum atomic E-state index is -0.569. The Bertz CT molecular complexity index is 386. The maximum absolute atomic E-state index is 12.0. The number of carbonyl (C=O) groups is 2. The smallest absolute Gasteiger partial charge is 0.328 e. The van der Waals surface area contributed by atoms with E-state index in [1.165, 1.54) is 25.7 Å². The molecule has 2 aliphatic rings. The summed E-state index contributed by atoms with van der Waals surface area (Å²) in [7, 11) is 0. The highest BCUT2D eigenvalue weighted by Gasteiger charge is 2.40. The molecule has 114 valence electrons. The first kappa shape index (κ1) is 15.3. The quantitative estimate of drug-likeness (QED) is 0.806. The Morgan fingerprint density at radius 2 is 1.95 bits per heavy atom. The zero-order valence-electron chi connectivity index (χ0n) is 13.1. The molecule has 0 spiro atoms. The van der Waals surface area contributed by atoms with Gasteiger partial charge in [0.2, 0.25) is 5.91 Å². The summed E-state index contributed by atoms with van der Waals surface area (Å²) in [5.74, 6) is 1.74. The van der Waals surface area contributed by atoms with Crippen LogP contribution >= 0.6 is 0 Å². The number of hydrogen-bond acceptors (Lipinski definition) is 3. The largest absolute Gasteiger partial charge is 0.458 e. The monoisotopic (exact) mass is 281 g/mol. The molecule has 0 aromatic rings. The van der Waals surface area contributed by atoms with Crippen LogP contribution in [0.5, 0.6) is 0 Å². The molecular formula is C16H27NO3. The summed E-state index contributed by atoms with van der Waals surface area (Å²) >= 11 is 0. The lowest BCUT2D eigenvalue weighted by molar-refractivity contribution is -0.158. The predicted octanol–water partition coefficient (Wildman–Crippen LogP) is 2.66. The van der Waals surface area contributed by atoms with E-state index in [0.29, 0.717) is 12.3 Å². The van der Waals surface area contributed by atoms with Gasteiger partial charge in [-0.2, -0.15) is 0 Å². The molecule has 0 heterocycles. The molecule has 1 amide bonds. The number of nitrogens with one attached hydrogen (secondary N) is 1. The fourth-order valence-corrected chi connectivity index (χ4v) is 3.61. The second-order valence-electron chi connectivity index (χ2n) is 7.46. The van der Waals surface area contributed by atoms with Crippen molar-refractivity contribution in [1.29, 1.82) is 0 Å². The van der Waals surface area contributed by atoms with Gasteiger partial charge >= 0.3 is 5.97 Å². The number of fused-ring (bicyclic) bond motifs is 2. The van der Waals surface area contributed by atoms with Gasteiger partial charge < -0.3 is 10.1 Å². The van der Waals surface area contributed by atoms with Crippen molar-refractivity contribution in [2.24, 2.45) is 17.8 Å². The number of amides is 1. The van der Waals surface area contributed by atoms with Crippen molar-refractivity contribution in [3.05, 3.63) is 0 Å². The second kappa shape index (κ2) is 5.74. The lowest BCUT2D eigenvalue weighted by Gasteiger charge is -2.24. The molecule has 0 saturated heterocycles. The normalized spacial score (nSPS) is 30.1. The molecule has 4 heteroatoms. The lowest BCUT2D eigenvalue weighted by atomic mass is 9.86. The average Bonchev–Trinajstić information content (AvgIpc) is 2.88. The van der Waals surface area contributed by atoms with E-state index in [9.17, 15) is 9.59 Å². The first-order valence-electron chi connectivity index (χ1n) is 7.77. The average molecular weight is 281 g/mol.